The Morgan fingerprint density at radius 1 is 0.524 bits per heavy atom. The lowest BCUT2D eigenvalue weighted by Crippen LogP contribution is -2.40. The highest BCUT2D eigenvalue weighted by Crippen LogP contribution is 2.28. The molecular weight excluding hydrogens is 284 g/mol. The second-order valence-electron chi connectivity index (χ2n) is 6.96. The Morgan fingerprint density at radius 3 is 1.10 bits per heavy atom. The predicted molar refractivity (Wildman–Crippen MR) is 104 cm³/mol. The van der Waals surface area contributed by atoms with Crippen molar-refractivity contribution in [1.29, 1.82) is 0 Å². The second-order valence-corrected chi connectivity index (χ2v) is 16.2. The van der Waals surface area contributed by atoms with Crippen molar-refractivity contribution < 1.29 is 0 Å². The van der Waals surface area contributed by atoms with Gasteiger partial charge in [-0.25, -0.2) is 0 Å². The van der Waals surface area contributed by atoms with Gasteiger partial charge < -0.3 is 0 Å². The van der Waals surface area contributed by atoms with Crippen molar-refractivity contribution in [3.05, 3.63) is 0 Å². The zero-order valence-corrected chi connectivity index (χ0v) is 17.6. The van der Waals surface area contributed by atoms with E-state index in [-0.39, 0.29) is 0 Å². The van der Waals surface area contributed by atoms with Gasteiger partial charge in [0.15, 0.2) is 0 Å². The summed E-state index contributed by atoms with van der Waals surface area (Å²) < 4.78 is 0. The first kappa shape index (κ1) is 21.4. The summed E-state index contributed by atoms with van der Waals surface area (Å²) in [5, 5.41) is 0. The third kappa shape index (κ3) is 11.6. The minimum atomic E-state index is -0.892. The SMILES string of the molecule is CCCCCC[Si](CCCCCC)(CCCCCC)[Si]C. The summed E-state index contributed by atoms with van der Waals surface area (Å²) in [5.74, 6) is 0. The molecular formula is C19H42Si2. The van der Waals surface area contributed by atoms with E-state index in [0.29, 0.717) is 0 Å². The lowest BCUT2D eigenvalue weighted by molar-refractivity contribution is 0.670. The molecule has 126 valence electrons. The average Bonchev–Trinajstić information content (AvgIpc) is 2.51. The van der Waals surface area contributed by atoms with E-state index in [2.05, 4.69) is 27.3 Å². The molecule has 0 heterocycles. The smallest absolute Gasteiger partial charge is 0.0415 e. The van der Waals surface area contributed by atoms with Crippen molar-refractivity contribution in [3.63, 3.8) is 0 Å². The molecule has 0 bridgehead atoms. The monoisotopic (exact) mass is 326 g/mol. The van der Waals surface area contributed by atoms with Crippen LogP contribution < -0.4 is 0 Å². The third-order valence-corrected chi connectivity index (χ3v) is 15.5. The van der Waals surface area contributed by atoms with Gasteiger partial charge in [-0.1, -0.05) is 123 Å². The minimum absolute atomic E-state index is 0.892. The second kappa shape index (κ2) is 15.3. The summed E-state index contributed by atoms with van der Waals surface area (Å²) in [6.07, 6.45) is 17.7. The van der Waals surface area contributed by atoms with Gasteiger partial charge in [-0.2, -0.15) is 0 Å². The molecule has 21 heavy (non-hydrogen) atoms. The van der Waals surface area contributed by atoms with Crippen molar-refractivity contribution in [2.75, 3.05) is 0 Å². The van der Waals surface area contributed by atoms with Gasteiger partial charge in [-0.15, -0.1) is 0 Å². The van der Waals surface area contributed by atoms with Crippen LogP contribution in [-0.4, -0.2) is 16.6 Å². The zero-order chi connectivity index (χ0) is 15.8. The van der Waals surface area contributed by atoms with Gasteiger partial charge in [0.1, 0.15) is 0 Å². The highest BCUT2D eigenvalue weighted by Gasteiger charge is 2.29. The summed E-state index contributed by atoms with van der Waals surface area (Å²) >= 11 is 0. The lowest BCUT2D eigenvalue weighted by Gasteiger charge is -2.31. The standard InChI is InChI=1S/C19H42Si2/c1-5-8-11-14-17-21(20-4,18-15-12-9-6-2)19-16-13-10-7-3/h5-19H2,1-4H3. The maximum Gasteiger partial charge on any atom is 0.0415 e. The van der Waals surface area contributed by atoms with Crippen LogP contribution in [0.3, 0.4) is 0 Å². The highest BCUT2D eigenvalue weighted by atomic mass is 29.2. The largest absolute Gasteiger partial charge is 0.0754 e. The van der Waals surface area contributed by atoms with Crippen molar-refractivity contribution >= 4 is 16.6 Å². The molecule has 2 radical (unpaired) electrons. The Balaban J connectivity index is 4.22. The fourth-order valence-corrected chi connectivity index (χ4v) is 11.5. The Hall–Kier alpha value is 0.434. The first-order valence-corrected chi connectivity index (χ1v) is 15.1. The Labute approximate surface area is 139 Å². The molecule has 0 saturated heterocycles. The van der Waals surface area contributed by atoms with Crippen LogP contribution >= 0.6 is 0 Å². The van der Waals surface area contributed by atoms with Gasteiger partial charge in [-0.3, -0.25) is 0 Å². The van der Waals surface area contributed by atoms with Crippen LogP contribution in [0.25, 0.3) is 0 Å². The van der Waals surface area contributed by atoms with Gasteiger partial charge in [0.2, 0.25) is 0 Å². The highest BCUT2D eigenvalue weighted by molar-refractivity contribution is 7.24. The molecule has 0 fully saturated rings. The number of unbranched alkanes of at least 4 members (excludes halogenated alkanes) is 9. The normalized spacial score (nSPS) is 12.0. The van der Waals surface area contributed by atoms with Crippen LogP contribution in [-0.2, 0) is 0 Å². The topological polar surface area (TPSA) is 0 Å². The van der Waals surface area contributed by atoms with E-state index in [1.165, 1.54) is 66.8 Å². The minimum Gasteiger partial charge on any atom is -0.0754 e. The molecule has 0 saturated carbocycles. The third-order valence-electron chi connectivity index (χ3n) is 5.06. The lowest BCUT2D eigenvalue weighted by atomic mass is 10.2. The van der Waals surface area contributed by atoms with E-state index in [9.17, 15) is 0 Å². The number of rotatable bonds is 16. The molecule has 0 aromatic carbocycles. The Bertz CT molecular complexity index is 172. The van der Waals surface area contributed by atoms with E-state index in [1.54, 1.807) is 37.4 Å². The van der Waals surface area contributed by atoms with E-state index >= 15 is 0 Å². The van der Waals surface area contributed by atoms with Gasteiger partial charge >= 0.3 is 0 Å². The summed E-state index contributed by atoms with van der Waals surface area (Å²) in [5.41, 5.74) is 0. The number of hydrogen-bond donors (Lipinski definition) is 0. The van der Waals surface area contributed by atoms with E-state index in [0.717, 1.165) is 0 Å². The summed E-state index contributed by atoms with van der Waals surface area (Å²) in [7, 11) is 0.402. The predicted octanol–water partition coefficient (Wildman–Crippen LogP) is 7.43. The van der Waals surface area contributed by atoms with Crippen molar-refractivity contribution in [3.8, 4) is 0 Å². The zero-order valence-electron chi connectivity index (χ0n) is 15.6. The average molecular weight is 327 g/mol. The molecule has 0 spiro atoms. The van der Waals surface area contributed by atoms with Crippen LogP contribution in [0.5, 0.6) is 0 Å². The van der Waals surface area contributed by atoms with Crippen molar-refractivity contribution in [2.45, 2.75) is 123 Å². The maximum atomic E-state index is 2.55. The molecule has 0 aliphatic rings. The number of hydrogen-bond acceptors (Lipinski definition) is 0. The van der Waals surface area contributed by atoms with Crippen molar-refractivity contribution in [2.24, 2.45) is 0 Å². The van der Waals surface area contributed by atoms with Gasteiger partial charge in [0.25, 0.3) is 0 Å². The molecule has 0 aromatic heterocycles. The van der Waals surface area contributed by atoms with Gasteiger partial charge in [-0.05, 0) is 0 Å². The molecule has 0 aromatic rings. The van der Waals surface area contributed by atoms with Crippen LogP contribution in [0.2, 0.25) is 24.7 Å². The van der Waals surface area contributed by atoms with Crippen LogP contribution in [0.4, 0.5) is 0 Å². The first-order valence-electron chi connectivity index (χ1n) is 9.93. The van der Waals surface area contributed by atoms with Gasteiger partial charge in [0.05, 0.1) is 0 Å². The van der Waals surface area contributed by atoms with E-state index < -0.39 is 7.59 Å². The summed E-state index contributed by atoms with van der Waals surface area (Å²) in [4.78, 5) is 0. The molecule has 0 N–H and O–H groups in total. The molecule has 0 aliphatic heterocycles. The molecule has 0 atom stereocenters. The maximum absolute atomic E-state index is 2.55. The molecule has 0 aliphatic carbocycles. The Kier molecular flexibility index (Phi) is 15.7. The fourth-order valence-electron chi connectivity index (χ4n) is 3.42. The molecule has 2 heteroatoms. The van der Waals surface area contributed by atoms with E-state index in [1.807, 2.05) is 0 Å². The Morgan fingerprint density at radius 2 is 0.857 bits per heavy atom. The molecule has 0 unspecified atom stereocenters. The first-order chi connectivity index (χ1) is 10.2. The summed E-state index contributed by atoms with van der Waals surface area (Å²) in [6.45, 7) is 9.55. The quantitative estimate of drug-likeness (QED) is 0.204. The van der Waals surface area contributed by atoms with E-state index in [4.69, 9.17) is 0 Å². The van der Waals surface area contributed by atoms with Crippen LogP contribution in [0.1, 0.15) is 97.8 Å². The molecule has 0 amide bonds. The fraction of sp³-hybridized carbons (Fsp3) is 1.00. The van der Waals surface area contributed by atoms with Crippen molar-refractivity contribution in [1.82, 2.24) is 0 Å². The van der Waals surface area contributed by atoms with Crippen LogP contribution in [0.15, 0.2) is 0 Å². The molecule has 0 nitrogen and oxygen atoms in total. The van der Waals surface area contributed by atoms with Crippen LogP contribution in [0, 0.1) is 0 Å². The molecule has 0 rings (SSSR count). The summed E-state index contributed by atoms with van der Waals surface area (Å²) in [6, 6.07) is 4.96. The van der Waals surface area contributed by atoms with Gasteiger partial charge in [0, 0.05) is 16.6 Å².